The van der Waals surface area contributed by atoms with Crippen LogP contribution in [0.1, 0.15) is 30.9 Å². The van der Waals surface area contributed by atoms with Gasteiger partial charge in [0.15, 0.2) is 0 Å². The van der Waals surface area contributed by atoms with Crippen LogP contribution in [0.5, 0.6) is 5.75 Å². The first-order chi connectivity index (χ1) is 10.2. The van der Waals surface area contributed by atoms with Gasteiger partial charge in [0.25, 0.3) is 0 Å². The van der Waals surface area contributed by atoms with Crippen LogP contribution in [0.15, 0.2) is 36.4 Å². The van der Waals surface area contributed by atoms with Crippen molar-refractivity contribution in [3.8, 4) is 5.75 Å². The molecule has 0 aromatic heterocycles. The van der Waals surface area contributed by atoms with Gasteiger partial charge in [-0.1, -0.05) is 36.8 Å². The van der Waals surface area contributed by atoms with Gasteiger partial charge in [-0.05, 0) is 43.3 Å². The minimum Gasteiger partial charge on any atom is -0.496 e. The fourth-order valence-electron chi connectivity index (χ4n) is 3.56. The van der Waals surface area contributed by atoms with E-state index in [2.05, 4.69) is 48.3 Å². The number of nitrogens with two attached hydrogens (primary N) is 1. The standard InChI is InChI=1S/C18H24N2O/c1-20-12-6-5-9-15(19)18(20)17-14-8-4-3-7-13(14)10-11-16(17)21-2/h3-4,7-8,10-11,15,18H,5-6,9,12,19H2,1-2H3. The maximum Gasteiger partial charge on any atom is 0.124 e. The van der Waals surface area contributed by atoms with Crippen LogP contribution in [0.2, 0.25) is 0 Å². The van der Waals surface area contributed by atoms with Gasteiger partial charge in [0.05, 0.1) is 13.2 Å². The molecule has 0 bridgehead atoms. The second-order valence-corrected chi connectivity index (χ2v) is 5.99. The molecule has 1 heterocycles. The third-order valence-electron chi connectivity index (χ3n) is 4.63. The van der Waals surface area contributed by atoms with Crippen molar-refractivity contribution < 1.29 is 4.74 Å². The molecule has 0 spiro atoms. The highest BCUT2D eigenvalue weighted by molar-refractivity contribution is 5.88. The molecule has 2 atom stereocenters. The van der Waals surface area contributed by atoms with Crippen LogP contribution in [0.25, 0.3) is 10.8 Å². The molecule has 0 amide bonds. The lowest BCUT2D eigenvalue weighted by molar-refractivity contribution is 0.226. The molecule has 3 heteroatoms. The second kappa shape index (κ2) is 6.04. The molecular weight excluding hydrogens is 260 g/mol. The highest BCUT2D eigenvalue weighted by Gasteiger charge is 2.30. The van der Waals surface area contributed by atoms with Gasteiger partial charge in [0.1, 0.15) is 5.75 Å². The summed E-state index contributed by atoms with van der Waals surface area (Å²) in [5, 5.41) is 2.50. The monoisotopic (exact) mass is 284 g/mol. The third-order valence-corrected chi connectivity index (χ3v) is 4.63. The van der Waals surface area contributed by atoms with Crippen molar-refractivity contribution in [2.75, 3.05) is 20.7 Å². The topological polar surface area (TPSA) is 38.5 Å². The summed E-state index contributed by atoms with van der Waals surface area (Å²) in [5.41, 5.74) is 7.76. The Kier molecular flexibility index (Phi) is 4.13. The van der Waals surface area contributed by atoms with Gasteiger partial charge >= 0.3 is 0 Å². The smallest absolute Gasteiger partial charge is 0.124 e. The highest BCUT2D eigenvalue weighted by Crippen LogP contribution is 2.38. The van der Waals surface area contributed by atoms with E-state index in [0.717, 1.165) is 18.7 Å². The number of nitrogens with zero attached hydrogens (tertiary/aromatic N) is 1. The number of likely N-dealkylation sites (tertiary alicyclic amines) is 1. The van der Waals surface area contributed by atoms with Crippen LogP contribution >= 0.6 is 0 Å². The summed E-state index contributed by atoms with van der Waals surface area (Å²) in [6.07, 6.45) is 3.49. The van der Waals surface area contributed by atoms with Gasteiger partial charge < -0.3 is 10.5 Å². The van der Waals surface area contributed by atoms with Gasteiger partial charge in [-0.15, -0.1) is 0 Å². The second-order valence-electron chi connectivity index (χ2n) is 5.99. The summed E-state index contributed by atoms with van der Waals surface area (Å²) < 4.78 is 5.66. The van der Waals surface area contributed by atoms with Gasteiger partial charge in [-0.3, -0.25) is 4.90 Å². The SMILES string of the molecule is COc1ccc2ccccc2c1C1C(N)CCCCN1C. The maximum atomic E-state index is 6.52. The Morgan fingerprint density at radius 1 is 1.14 bits per heavy atom. The molecule has 1 aliphatic rings. The van der Waals surface area contributed by atoms with Gasteiger partial charge in [-0.25, -0.2) is 0 Å². The molecule has 1 fully saturated rings. The van der Waals surface area contributed by atoms with Gasteiger partial charge in [-0.2, -0.15) is 0 Å². The Balaban J connectivity index is 2.20. The predicted octanol–water partition coefficient (Wildman–Crippen LogP) is 3.33. The zero-order chi connectivity index (χ0) is 14.8. The molecule has 2 N–H and O–H groups in total. The van der Waals surface area contributed by atoms with E-state index in [1.807, 2.05) is 0 Å². The lowest BCUT2D eigenvalue weighted by Gasteiger charge is -2.32. The van der Waals surface area contributed by atoms with Crippen LogP contribution < -0.4 is 10.5 Å². The Bertz CT molecular complexity index is 614. The van der Waals surface area contributed by atoms with Crippen LogP contribution in [0.3, 0.4) is 0 Å². The zero-order valence-electron chi connectivity index (χ0n) is 12.9. The van der Waals surface area contributed by atoms with Crippen LogP contribution in [0.4, 0.5) is 0 Å². The molecular formula is C18H24N2O. The summed E-state index contributed by atoms with van der Waals surface area (Å²) in [7, 11) is 3.92. The minimum absolute atomic E-state index is 0.150. The van der Waals surface area contributed by atoms with Crippen molar-refractivity contribution in [1.29, 1.82) is 0 Å². The van der Waals surface area contributed by atoms with E-state index in [1.54, 1.807) is 7.11 Å². The fourth-order valence-corrected chi connectivity index (χ4v) is 3.56. The molecule has 1 aliphatic heterocycles. The predicted molar refractivity (Wildman–Crippen MR) is 87.7 cm³/mol. The van der Waals surface area contributed by atoms with E-state index in [1.165, 1.54) is 29.2 Å². The molecule has 2 aromatic carbocycles. The highest BCUT2D eigenvalue weighted by atomic mass is 16.5. The maximum absolute atomic E-state index is 6.52. The number of likely N-dealkylation sites (N-methyl/N-ethyl adjacent to an activating group) is 1. The van der Waals surface area contributed by atoms with Crippen molar-refractivity contribution >= 4 is 10.8 Å². The number of fused-ring (bicyclic) bond motifs is 1. The molecule has 1 saturated heterocycles. The Labute approximate surface area is 126 Å². The average molecular weight is 284 g/mol. The molecule has 0 radical (unpaired) electrons. The molecule has 2 unspecified atom stereocenters. The van der Waals surface area contributed by atoms with Crippen LogP contribution in [0, 0.1) is 0 Å². The van der Waals surface area contributed by atoms with E-state index in [0.29, 0.717) is 0 Å². The van der Waals surface area contributed by atoms with E-state index in [9.17, 15) is 0 Å². The Morgan fingerprint density at radius 2 is 1.95 bits per heavy atom. The normalized spacial score (nSPS) is 24.0. The number of rotatable bonds is 2. The lowest BCUT2D eigenvalue weighted by Crippen LogP contribution is -2.38. The first kappa shape index (κ1) is 14.4. The molecule has 2 aromatic rings. The third kappa shape index (κ3) is 2.63. The van der Waals surface area contributed by atoms with E-state index < -0.39 is 0 Å². The number of benzene rings is 2. The number of hydrogen-bond acceptors (Lipinski definition) is 3. The Hall–Kier alpha value is -1.58. The Morgan fingerprint density at radius 3 is 2.76 bits per heavy atom. The first-order valence-electron chi connectivity index (χ1n) is 7.74. The zero-order valence-corrected chi connectivity index (χ0v) is 12.9. The molecule has 0 saturated carbocycles. The van der Waals surface area contributed by atoms with Crippen molar-refractivity contribution in [2.24, 2.45) is 5.73 Å². The summed E-state index contributed by atoms with van der Waals surface area (Å²) in [6.45, 7) is 1.09. The van der Waals surface area contributed by atoms with E-state index in [4.69, 9.17) is 10.5 Å². The summed E-state index contributed by atoms with van der Waals surface area (Å²) in [6, 6.07) is 13.1. The van der Waals surface area contributed by atoms with Crippen molar-refractivity contribution in [3.05, 3.63) is 42.0 Å². The molecule has 0 aliphatic carbocycles. The summed E-state index contributed by atoms with van der Waals surface area (Å²) in [5.74, 6) is 0.947. The van der Waals surface area contributed by atoms with Crippen molar-refractivity contribution in [3.63, 3.8) is 0 Å². The molecule has 21 heavy (non-hydrogen) atoms. The number of ether oxygens (including phenoxy) is 1. The van der Waals surface area contributed by atoms with Gasteiger partial charge in [0.2, 0.25) is 0 Å². The summed E-state index contributed by atoms with van der Waals surface area (Å²) in [4.78, 5) is 2.39. The van der Waals surface area contributed by atoms with Gasteiger partial charge in [0, 0.05) is 11.6 Å². The molecule has 3 rings (SSSR count). The molecule has 3 nitrogen and oxygen atoms in total. The number of methoxy groups -OCH3 is 1. The van der Waals surface area contributed by atoms with E-state index in [-0.39, 0.29) is 12.1 Å². The minimum atomic E-state index is 0.150. The average Bonchev–Trinajstić information content (AvgIpc) is 2.67. The number of hydrogen-bond donors (Lipinski definition) is 1. The fraction of sp³-hybridized carbons (Fsp3) is 0.444. The lowest BCUT2D eigenvalue weighted by atomic mass is 9.91. The van der Waals surface area contributed by atoms with Crippen LogP contribution in [-0.4, -0.2) is 31.6 Å². The van der Waals surface area contributed by atoms with Crippen molar-refractivity contribution in [2.45, 2.75) is 31.3 Å². The van der Waals surface area contributed by atoms with E-state index >= 15 is 0 Å². The largest absolute Gasteiger partial charge is 0.496 e. The van der Waals surface area contributed by atoms with Crippen LogP contribution in [-0.2, 0) is 0 Å². The summed E-state index contributed by atoms with van der Waals surface area (Å²) >= 11 is 0. The molecule has 112 valence electrons. The quantitative estimate of drug-likeness (QED) is 0.919. The van der Waals surface area contributed by atoms with Crippen molar-refractivity contribution in [1.82, 2.24) is 4.90 Å². The first-order valence-corrected chi connectivity index (χ1v) is 7.74.